The zero-order chi connectivity index (χ0) is 16.4. The molecular weight excluding hydrogens is 272 g/mol. The predicted octanol–water partition coefficient (Wildman–Crippen LogP) is 4.04. The van der Waals surface area contributed by atoms with Crippen molar-refractivity contribution in [3.05, 3.63) is 65.5 Å². The molecule has 0 aliphatic heterocycles. The lowest BCUT2D eigenvalue weighted by molar-refractivity contribution is 0.0912. The number of hydrogen-bond acceptors (Lipinski definition) is 2. The average Bonchev–Trinajstić information content (AvgIpc) is 2.47. The largest absolute Gasteiger partial charge is 0.343 e. The summed E-state index contributed by atoms with van der Waals surface area (Å²) in [5.41, 5.74) is 2.49. The van der Waals surface area contributed by atoms with Gasteiger partial charge in [0.1, 0.15) is 0 Å². The molecular formula is C19H24N2O. The van der Waals surface area contributed by atoms with Crippen LogP contribution in [-0.4, -0.2) is 10.9 Å². The molecule has 1 aromatic heterocycles. The van der Waals surface area contributed by atoms with Crippen LogP contribution >= 0.6 is 0 Å². The van der Waals surface area contributed by atoms with Gasteiger partial charge in [0.25, 0.3) is 5.91 Å². The van der Waals surface area contributed by atoms with Gasteiger partial charge in [-0.1, -0.05) is 39.0 Å². The van der Waals surface area contributed by atoms with Gasteiger partial charge in [0, 0.05) is 18.0 Å². The van der Waals surface area contributed by atoms with E-state index in [0.29, 0.717) is 5.56 Å². The van der Waals surface area contributed by atoms with Crippen LogP contribution in [0.1, 0.15) is 56.1 Å². The van der Waals surface area contributed by atoms with Gasteiger partial charge in [-0.25, -0.2) is 0 Å². The highest BCUT2D eigenvalue weighted by atomic mass is 16.1. The summed E-state index contributed by atoms with van der Waals surface area (Å²) in [5.74, 6) is -0.0747. The van der Waals surface area contributed by atoms with Crippen LogP contribution in [0.2, 0.25) is 0 Å². The first-order valence-corrected chi connectivity index (χ1v) is 7.54. The summed E-state index contributed by atoms with van der Waals surface area (Å²) >= 11 is 0. The zero-order valence-corrected chi connectivity index (χ0v) is 14.0. The van der Waals surface area contributed by atoms with E-state index < -0.39 is 5.54 Å². The minimum atomic E-state index is -0.464. The van der Waals surface area contributed by atoms with Crippen LogP contribution < -0.4 is 5.32 Å². The second kappa shape index (κ2) is 5.91. The number of benzene rings is 1. The SMILES string of the molecule is CC(C)(C)c1ccc(C(=O)NC(C)(C)c2cccnc2)cc1. The standard InChI is InChI=1S/C19H24N2O/c1-18(2,3)15-10-8-14(9-11-15)17(22)21-19(4,5)16-7-6-12-20-13-16/h6-13H,1-5H3,(H,21,22). The molecule has 1 amide bonds. The Kier molecular flexibility index (Phi) is 4.36. The summed E-state index contributed by atoms with van der Waals surface area (Å²) in [7, 11) is 0. The molecule has 0 aliphatic carbocycles. The van der Waals surface area contributed by atoms with Crippen molar-refractivity contribution in [2.24, 2.45) is 0 Å². The summed E-state index contributed by atoms with van der Waals surface area (Å²) in [6.45, 7) is 10.4. The Labute approximate surface area is 132 Å². The first-order chi connectivity index (χ1) is 10.2. The van der Waals surface area contributed by atoms with Gasteiger partial charge in [0.2, 0.25) is 0 Å². The molecule has 22 heavy (non-hydrogen) atoms. The molecule has 0 spiro atoms. The van der Waals surface area contributed by atoms with Crippen molar-refractivity contribution in [2.45, 2.75) is 45.6 Å². The maximum Gasteiger partial charge on any atom is 0.251 e. The van der Waals surface area contributed by atoms with Gasteiger partial charge in [0.05, 0.1) is 5.54 Å². The van der Waals surface area contributed by atoms with E-state index in [1.807, 2.05) is 50.2 Å². The van der Waals surface area contributed by atoms with Crippen molar-refractivity contribution in [1.82, 2.24) is 10.3 Å². The van der Waals surface area contributed by atoms with Crippen LogP contribution in [0.5, 0.6) is 0 Å². The molecule has 0 bridgehead atoms. The van der Waals surface area contributed by atoms with Crippen LogP contribution in [0.4, 0.5) is 0 Å². The Balaban J connectivity index is 2.15. The lowest BCUT2D eigenvalue weighted by Crippen LogP contribution is -2.41. The zero-order valence-electron chi connectivity index (χ0n) is 14.0. The molecule has 0 atom stereocenters. The van der Waals surface area contributed by atoms with E-state index in [4.69, 9.17) is 0 Å². The molecule has 0 saturated heterocycles. The Hall–Kier alpha value is -2.16. The van der Waals surface area contributed by atoms with Gasteiger partial charge in [-0.3, -0.25) is 9.78 Å². The second-order valence-electron chi connectivity index (χ2n) is 7.15. The van der Waals surface area contributed by atoms with Gasteiger partial charge >= 0.3 is 0 Å². The van der Waals surface area contributed by atoms with Crippen LogP contribution in [0, 0.1) is 0 Å². The Morgan fingerprint density at radius 3 is 2.09 bits per heavy atom. The molecule has 2 rings (SSSR count). The molecule has 1 heterocycles. The third-order valence-corrected chi connectivity index (χ3v) is 3.82. The van der Waals surface area contributed by atoms with E-state index in [2.05, 4.69) is 31.1 Å². The lowest BCUT2D eigenvalue weighted by atomic mass is 9.86. The van der Waals surface area contributed by atoms with Crippen molar-refractivity contribution in [3.8, 4) is 0 Å². The summed E-state index contributed by atoms with van der Waals surface area (Å²) in [6.07, 6.45) is 3.51. The fraction of sp³-hybridized carbons (Fsp3) is 0.368. The minimum Gasteiger partial charge on any atom is -0.343 e. The van der Waals surface area contributed by atoms with Crippen molar-refractivity contribution in [2.75, 3.05) is 0 Å². The third-order valence-electron chi connectivity index (χ3n) is 3.82. The van der Waals surface area contributed by atoms with Gasteiger partial charge in [-0.05, 0) is 48.6 Å². The monoisotopic (exact) mass is 296 g/mol. The first-order valence-electron chi connectivity index (χ1n) is 7.54. The number of nitrogens with one attached hydrogen (secondary N) is 1. The van der Waals surface area contributed by atoms with Crippen molar-refractivity contribution in [3.63, 3.8) is 0 Å². The van der Waals surface area contributed by atoms with Crippen molar-refractivity contribution < 1.29 is 4.79 Å². The number of hydrogen-bond donors (Lipinski definition) is 1. The van der Waals surface area contributed by atoms with Crippen LogP contribution in [0.15, 0.2) is 48.8 Å². The summed E-state index contributed by atoms with van der Waals surface area (Å²) in [6, 6.07) is 11.7. The number of carbonyl (C=O) groups is 1. The Morgan fingerprint density at radius 2 is 1.59 bits per heavy atom. The molecule has 1 N–H and O–H groups in total. The first kappa shape index (κ1) is 16.2. The number of nitrogens with zero attached hydrogens (tertiary/aromatic N) is 1. The highest BCUT2D eigenvalue weighted by molar-refractivity contribution is 5.94. The predicted molar refractivity (Wildman–Crippen MR) is 89.9 cm³/mol. The minimum absolute atomic E-state index is 0.0747. The van der Waals surface area contributed by atoms with Crippen molar-refractivity contribution in [1.29, 1.82) is 0 Å². The Morgan fingerprint density at radius 1 is 0.955 bits per heavy atom. The van der Waals surface area contributed by atoms with Crippen LogP contribution in [0.25, 0.3) is 0 Å². The Bertz CT molecular complexity index is 637. The number of aromatic nitrogens is 1. The number of pyridine rings is 1. The van der Waals surface area contributed by atoms with Gasteiger partial charge < -0.3 is 5.32 Å². The molecule has 0 saturated carbocycles. The summed E-state index contributed by atoms with van der Waals surface area (Å²) < 4.78 is 0. The maximum absolute atomic E-state index is 12.5. The van der Waals surface area contributed by atoms with Gasteiger partial charge in [0.15, 0.2) is 0 Å². The molecule has 116 valence electrons. The van der Waals surface area contributed by atoms with E-state index >= 15 is 0 Å². The van der Waals surface area contributed by atoms with Gasteiger partial charge in [-0.2, -0.15) is 0 Å². The molecule has 3 heteroatoms. The van der Waals surface area contributed by atoms with E-state index in [1.54, 1.807) is 12.4 Å². The molecule has 0 fully saturated rings. The van der Waals surface area contributed by atoms with Gasteiger partial charge in [-0.15, -0.1) is 0 Å². The average molecular weight is 296 g/mol. The summed E-state index contributed by atoms with van der Waals surface area (Å²) in [5, 5.41) is 3.07. The smallest absolute Gasteiger partial charge is 0.251 e. The topological polar surface area (TPSA) is 42.0 Å². The van der Waals surface area contributed by atoms with E-state index in [-0.39, 0.29) is 11.3 Å². The lowest BCUT2D eigenvalue weighted by Gasteiger charge is -2.26. The second-order valence-corrected chi connectivity index (χ2v) is 7.15. The molecule has 0 unspecified atom stereocenters. The summed E-state index contributed by atoms with van der Waals surface area (Å²) in [4.78, 5) is 16.6. The number of amides is 1. The highest BCUT2D eigenvalue weighted by Gasteiger charge is 2.24. The molecule has 3 nitrogen and oxygen atoms in total. The molecule has 0 aliphatic rings. The number of rotatable bonds is 3. The third kappa shape index (κ3) is 3.73. The molecule has 1 aromatic carbocycles. The fourth-order valence-electron chi connectivity index (χ4n) is 2.28. The maximum atomic E-state index is 12.5. The van der Waals surface area contributed by atoms with Crippen LogP contribution in [-0.2, 0) is 11.0 Å². The van der Waals surface area contributed by atoms with E-state index in [9.17, 15) is 4.79 Å². The van der Waals surface area contributed by atoms with Crippen LogP contribution in [0.3, 0.4) is 0 Å². The fourth-order valence-corrected chi connectivity index (χ4v) is 2.28. The molecule has 2 aromatic rings. The normalized spacial score (nSPS) is 12.0. The van der Waals surface area contributed by atoms with Crippen molar-refractivity contribution >= 4 is 5.91 Å². The van der Waals surface area contributed by atoms with E-state index in [1.165, 1.54) is 5.56 Å². The number of carbonyl (C=O) groups excluding carboxylic acids is 1. The van der Waals surface area contributed by atoms with E-state index in [0.717, 1.165) is 5.56 Å². The molecule has 0 radical (unpaired) electrons. The quantitative estimate of drug-likeness (QED) is 0.928. The highest BCUT2D eigenvalue weighted by Crippen LogP contribution is 2.23.